The molecule has 24 heavy (non-hydrogen) atoms. The van der Waals surface area contributed by atoms with E-state index in [1.54, 1.807) is 18.2 Å². The van der Waals surface area contributed by atoms with Crippen molar-refractivity contribution in [2.75, 3.05) is 20.8 Å². The average molecular weight is 337 g/mol. The molecule has 3 atom stereocenters. The fourth-order valence-corrected chi connectivity index (χ4v) is 2.62. The van der Waals surface area contributed by atoms with Gasteiger partial charge in [0.15, 0.2) is 11.5 Å². The number of amides is 1. The molecular weight excluding hydrogens is 314 g/mol. The molecule has 0 heterocycles. The third-order valence-electron chi connectivity index (χ3n) is 3.95. The van der Waals surface area contributed by atoms with Gasteiger partial charge in [-0.1, -0.05) is 6.07 Å². The third kappa shape index (κ3) is 4.38. The van der Waals surface area contributed by atoms with Gasteiger partial charge < -0.3 is 24.6 Å². The quantitative estimate of drug-likeness (QED) is 0.713. The highest BCUT2D eigenvalue weighted by atomic mass is 16.5. The molecule has 1 aromatic rings. The summed E-state index contributed by atoms with van der Waals surface area (Å²) in [6, 6.07) is 4.45. The summed E-state index contributed by atoms with van der Waals surface area (Å²) in [5, 5.41) is 12.0. The molecule has 1 amide bonds. The van der Waals surface area contributed by atoms with Crippen LogP contribution in [0.25, 0.3) is 0 Å². The fraction of sp³-hybridized carbons (Fsp3) is 0.529. The zero-order valence-electron chi connectivity index (χ0n) is 14.1. The van der Waals surface area contributed by atoms with E-state index >= 15 is 0 Å². The van der Waals surface area contributed by atoms with Gasteiger partial charge in [0.05, 0.1) is 38.7 Å². The first-order valence-electron chi connectivity index (χ1n) is 7.85. The summed E-state index contributed by atoms with van der Waals surface area (Å²) in [5.41, 5.74) is 0.650. The van der Waals surface area contributed by atoms with E-state index in [2.05, 4.69) is 5.32 Å². The highest BCUT2D eigenvalue weighted by Crippen LogP contribution is 2.35. The van der Waals surface area contributed by atoms with E-state index in [9.17, 15) is 9.59 Å². The van der Waals surface area contributed by atoms with Crippen molar-refractivity contribution < 1.29 is 28.9 Å². The van der Waals surface area contributed by atoms with Crippen molar-refractivity contribution in [3.8, 4) is 11.5 Å². The minimum absolute atomic E-state index is 0.0640. The van der Waals surface area contributed by atoms with Gasteiger partial charge in [0.25, 0.3) is 0 Å². The van der Waals surface area contributed by atoms with E-state index < -0.39 is 12.0 Å². The van der Waals surface area contributed by atoms with Gasteiger partial charge in [0.2, 0.25) is 5.91 Å². The van der Waals surface area contributed by atoms with E-state index in [0.29, 0.717) is 30.1 Å². The molecule has 0 spiro atoms. The molecule has 1 aliphatic carbocycles. The molecule has 0 aliphatic heterocycles. The van der Waals surface area contributed by atoms with Crippen LogP contribution in [0, 0.1) is 5.92 Å². The van der Waals surface area contributed by atoms with Crippen LogP contribution in [0.2, 0.25) is 0 Å². The van der Waals surface area contributed by atoms with Gasteiger partial charge in [-0.15, -0.1) is 0 Å². The Balaban J connectivity index is 2.13. The summed E-state index contributed by atoms with van der Waals surface area (Å²) in [6.07, 6.45) is 0.393. The second-order valence-electron chi connectivity index (χ2n) is 5.61. The summed E-state index contributed by atoms with van der Waals surface area (Å²) in [4.78, 5) is 23.5. The highest BCUT2D eigenvalue weighted by Gasteiger charge is 2.44. The number of nitrogens with one attached hydrogen (secondary N) is 1. The van der Waals surface area contributed by atoms with Crippen molar-refractivity contribution in [3.05, 3.63) is 23.8 Å². The molecule has 2 rings (SSSR count). The first kappa shape index (κ1) is 18.1. The number of ether oxygens (including phenoxy) is 3. The lowest BCUT2D eigenvalue weighted by Gasteiger charge is -2.19. The minimum Gasteiger partial charge on any atom is -0.493 e. The maximum Gasteiger partial charge on any atom is 0.305 e. The molecule has 7 heteroatoms. The van der Waals surface area contributed by atoms with E-state index in [0.717, 1.165) is 0 Å². The monoisotopic (exact) mass is 337 g/mol. The van der Waals surface area contributed by atoms with Crippen molar-refractivity contribution >= 4 is 11.9 Å². The molecule has 132 valence electrons. The number of benzene rings is 1. The zero-order chi connectivity index (χ0) is 17.7. The van der Waals surface area contributed by atoms with Gasteiger partial charge in [0, 0.05) is 6.61 Å². The van der Waals surface area contributed by atoms with E-state index in [4.69, 9.17) is 19.3 Å². The summed E-state index contributed by atoms with van der Waals surface area (Å²) < 4.78 is 15.8. The average Bonchev–Trinajstić information content (AvgIpc) is 3.33. The molecule has 7 nitrogen and oxygen atoms in total. The van der Waals surface area contributed by atoms with Gasteiger partial charge in [-0.2, -0.15) is 0 Å². The minimum atomic E-state index is -0.993. The Labute approximate surface area is 140 Å². The van der Waals surface area contributed by atoms with Gasteiger partial charge in [-0.05, 0) is 31.0 Å². The van der Waals surface area contributed by atoms with Crippen LogP contribution in [-0.4, -0.2) is 43.9 Å². The number of aliphatic carboxylic acids is 1. The van der Waals surface area contributed by atoms with Crippen LogP contribution in [0.5, 0.6) is 11.5 Å². The Morgan fingerprint density at radius 1 is 1.29 bits per heavy atom. The molecule has 1 aliphatic rings. The molecule has 1 fully saturated rings. The second-order valence-corrected chi connectivity index (χ2v) is 5.61. The number of carboxylic acid groups (broad SMARTS) is 1. The van der Waals surface area contributed by atoms with Gasteiger partial charge in [-0.25, -0.2) is 0 Å². The lowest BCUT2D eigenvalue weighted by atomic mass is 10.0. The van der Waals surface area contributed by atoms with E-state index in [1.807, 2.05) is 6.92 Å². The van der Waals surface area contributed by atoms with Gasteiger partial charge >= 0.3 is 5.97 Å². The second kappa shape index (κ2) is 8.01. The number of methoxy groups -OCH3 is 2. The molecule has 0 aromatic heterocycles. The number of hydrogen-bond donors (Lipinski definition) is 2. The van der Waals surface area contributed by atoms with Crippen molar-refractivity contribution in [2.45, 2.75) is 31.9 Å². The Morgan fingerprint density at radius 2 is 2.00 bits per heavy atom. The Hall–Kier alpha value is -2.28. The predicted molar refractivity (Wildman–Crippen MR) is 86.2 cm³/mol. The fourth-order valence-electron chi connectivity index (χ4n) is 2.62. The lowest BCUT2D eigenvalue weighted by molar-refractivity contribution is -0.137. The standard InChI is InChI=1S/C17H23NO6/c1-4-24-14-8-11(14)17(21)18-12(9-16(19)20)10-5-6-13(22-2)15(7-10)23-3/h5-7,11-12,14H,4,8-9H2,1-3H3,(H,18,21)(H,19,20)/t11-,12-,14+/m0/s1. The number of rotatable bonds is 9. The van der Waals surface area contributed by atoms with Gasteiger partial charge in [-0.3, -0.25) is 9.59 Å². The largest absolute Gasteiger partial charge is 0.493 e. The maximum absolute atomic E-state index is 12.3. The number of carbonyl (C=O) groups is 2. The van der Waals surface area contributed by atoms with Crippen molar-refractivity contribution in [2.24, 2.45) is 5.92 Å². The lowest BCUT2D eigenvalue weighted by Crippen LogP contribution is -2.32. The smallest absolute Gasteiger partial charge is 0.305 e. The van der Waals surface area contributed by atoms with Crippen molar-refractivity contribution in [1.82, 2.24) is 5.32 Å². The molecule has 1 aromatic carbocycles. The van der Waals surface area contributed by atoms with Crippen molar-refractivity contribution in [3.63, 3.8) is 0 Å². The van der Waals surface area contributed by atoms with Crippen LogP contribution in [0.3, 0.4) is 0 Å². The number of hydrogen-bond acceptors (Lipinski definition) is 5. The van der Waals surface area contributed by atoms with Gasteiger partial charge in [0.1, 0.15) is 0 Å². The summed E-state index contributed by atoms with van der Waals surface area (Å²) in [7, 11) is 3.03. The summed E-state index contributed by atoms with van der Waals surface area (Å²) >= 11 is 0. The van der Waals surface area contributed by atoms with Crippen LogP contribution in [0.4, 0.5) is 0 Å². The summed E-state index contributed by atoms with van der Waals surface area (Å²) in [6.45, 7) is 2.44. The van der Waals surface area contributed by atoms with Crippen LogP contribution < -0.4 is 14.8 Å². The molecule has 2 N–H and O–H groups in total. The normalized spacial score (nSPS) is 20.1. The Kier molecular flexibility index (Phi) is 6.03. The Morgan fingerprint density at radius 3 is 2.58 bits per heavy atom. The Bertz CT molecular complexity index is 603. The van der Waals surface area contributed by atoms with Crippen molar-refractivity contribution in [1.29, 1.82) is 0 Å². The first-order chi connectivity index (χ1) is 11.5. The zero-order valence-corrected chi connectivity index (χ0v) is 14.1. The highest BCUT2D eigenvalue weighted by molar-refractivity contribution is 5.83. The van der Waals surface area contributed by atoms with Crippen LogP contribution >= 0.6 is 0 Å². The summed E-state index contributed by atoms with van der Waals surface area (Å²) in [5.74, 6) is -0.360. The molecular formula is C17H23NO6. The first-order valence-corrected chi connectivity index (χ1v) is 7.85. The maximum atomic E-state index is 12.3. The number of carboxylic acids is 1. The SMILES string of the molecule is CCO[C@@H]1C[C@@H]1C(=O)N[C@@H](CC(=O)O)c1ccc(OC)c(OC)c1. The van der Waals surface area contributed by atoms with Crippen LogP contribution in [0.1, 0.15) is 31.4 Å². The predicted octanol–water partition coefficient (Wildman–Crippen LogP) is 1.76. The number of carbonyl (C=O) groups excluding carboxylic acids is 1. The molecule has 0 unspecified atom stereocenters. The van der Waals surface area contributed by atoms with Crippen LogP contribution in [0.15, 0.2) is 18.2 Å². The van der Waals surface area contributed by atoms with E-state index in [-0.39, 0.29) is 24.3 Å². The topological polar surface area (TPSA) is 94.1 Å². The van der Waals surface area contributed by atoms with E-state index in [1.165, 1.54) is 14.2 Å². The molecule has 0 radical (unpaired) electrons. The molecule has 0 saturated heterocycles. The molecule has 0 bridgehead atoms. The third-order valence-corrected chi connectivity index (χ3v) is 3.95. The molecule has 1 saturated carbocycles. The van der Waals surface area contributed by atoms with Crippen LogP contribution in [-0.2, 0) is 14.3 Å².